The molecule has 98 heavy (non-hydrogen) atoms. The van der Waals surface area contributed by atoms with Crippen LogP contribution in [-0.2, 0) is 48.6 Å². The molecule has 3 aromatic heterocycles. The summed E-state index contributed by atoms with van der Waals surface area (Å²) in [5.74, 6) is 2.76. The smallest absolute Gasteiger partial charge is 0.415 e. The van der Waals surface area contributed by atoms with Gasteiger partial charge in [-0.2, -0.15) is 4.57 Å². The lowest BCUT2D eigenvalue weighted by Gasteiger charge is -2.35. The fraction of sp³-hybridized carbons (Fsp3) is 0.529. The maximum absolute atomic E-state index is 13.8. The molecule has 1 aliphatic carbocycles. The lowest BCUT2D eigenvalue weighted by Crippen LogP contribution is -2.54. The Morgan fingerprint density at radius 2 is 1.42 bits per heavy atom. The Balaban J connectivity index is 0.622. The first kappa shape index (κ1) is 71.9. The number of methoxy groups -OCH3 is 1. The molecular weight excluding hydrogens is 1290 g/mol. The van der Waals surface area contributed by atoms with E-state index < -0.39 is 52.9 Å². The van der Waals surface area contributed by atoms with Crippen LogP contribution in [0, 0.1) is 5.92 Å². The average Bonchev–Trinajstić information content (AvgIpc) is 1.34. The number of aliphatic hydroxyl groups excluding tert-OH is 3. The number of aliphatic hydroxyl groups is 3. The molecular formula is C68H90N11O18S+. The minimum absolute atomic E-state index is 0.0737. The molecule has 5 amide bonds. The lowest BCUT2D eigenvalue weighted by atomic mass is 9.86. The van der Waals surface area contributed by atoms with Crippen molar-refractivity contribution in [2.45, 2.75) is 127 Å². The number of aromatic nitrogens is 4. The van der Waals surface area contributed by atoms with Gasteiger partial charge in [0.15, 0.2) is 41.4 Å². The fourth-order valence-electron chi connectivity index (χ4n) is 12.5. The summed E-state index contributed by atoms with van der Waals surface area (Å²) in [6.45, 7) is 1.25. The molecule has 29 nitrogen and oxygen atoms in total. The summed E-state index contributed by atoms with van der Waals surface area (Å²) in [6, 6.07) is 16.0. The molecule has 5 N–H and O–H groups in total. The summed E-state index contributed by atoms with van der Waals surface area (Å²) in [5.41, 5.74) is 4.31. The number of carbonyl (C=O) groups is 5. The molecule has 1 saturated carbocycles. The molecule has 4 atom stereocenters. The number of ether oxygens (including phenoxy) is 8. The number of amides is 5. The first-order valence-electron chi connectivity index (χ1n) is 33.2. The van der Waals surface area contributed by atoms with Crippen LogP contribution in [-0.4, -0.2) is 220 Å². The summed E-state index contributed by atoms with van der Waals surface area (Å²) < 4.78 is 75.8. The van der Waals surface area contributed by atoms with Crippen LogP contribution < -0.4 is 43.2 Å². The fourth-order valence-corrected chi connectivity index (χ4v) is 13.6. The number of fused-ring (bicyclic) bond motifs is 6. The number of hydrogen-bond donors (Lipinski definition) is 5. The summed E-state index contributed by atoms with van der Waals surface area (Å²) in [5, 5.41) is 36.1. The van der Waals surface area contributed by atoms with E-state index >= 15 is 0 Å². The number of hydrogen-bond acceptors (Lipinski definition) is 21. The predicted octanol–water partition coefficient (Wildman–Crippen LogP) is 6.62. The van der Waals surface area contributed by atoms with Crippen molar-refractivity contribution in [1.82, 2.24) is 38.9 Å². The number of unbranched alkanes of at least 4 members (excludes halogenated alkanes) is 6. The average molecular weight is 1380 g/mol. The SMILES string of the molecule is CNS(=O)(=O)C[C@H]1CC[C@H](N(C)c2ncnc3c2ccn3C(=O)N(C)CCN(C)C(=O)OCc2ccc(O[C@@H]3OC[C@@H](O)[C@H](O)[C@H]3O)c(NC(=O)CCCCCCCCCOC(=O)N(C)CCN(C)C(=O)Oc3c(OC)ccc4cc5[n+](cc34)CCc3cc4c(cc3-5)OCO4)c2)CC1. The van der Waals surface area contributed by atoms with Crippen molar-refractivity contribution in [1.29, 1.82) is 0 Å². The van der Waals surface area contributed by atoms with Crippen LogP contribution in [0.5, 0.6) is 28.7 Å². The van der Waals surface area contributed by atoms with Crippen LogP contribution in [0.25, 0.3) is 33.1 Å². The Morgan fingerprint density at radius 1 is 0.745 bits per heavy atom. The number of likely N-dealkylation sites (N-methyl/N-ethyl adjacent to an activating group) is 4. The Kier molecular flexibility index (Phi) is 24.0. The van der Waals surface area contributed by atoms with E-state index in [0.29, 0.717) is 64.4 Å². The second kappa shape index (κ2) is 32.7. The molecule has 6 aromatic rings. The van der Waals surface area contributed by atoms with E-state index in [4.69, 9.17) is 37.9 Å². The van der Waals surface area contributed by atoms with Gasteiger partial charge in [-0.1, -0.05) is 38.2 Å². The number of nitrogens with one attached hydrogen (secondary N) is 2. The van der Waals surface area contributed by atoms with Crippen molar-refractivity contribution < 1.29 is 90.2 Å². The summed E-state index contributed by atoms with van der Waals surface area (Å²) in [4.78, 5) is 83.6. The third kappa shape index (κ3) is 17.5. The maximum atomic E-state index is 13.8. The van der Waals surface area contributed by atoms with Crippen molar-refractivity contribution in [3.63, 3.8) is 0 Å². The molecule has 1 saturated heterocycles. The molecule has 4 aliphatic rings. The Bertz CT molecular complexity index is 3940. The quantitative estimate of drug-likeness (QED) is 0.0254. The van der Waals surface area contributed by atoms with E-state index in [1.54, 1.807) is 51.6 Å². The molecule has 0 radical (unpaired) electrons. The second-order valence-electron chi connectivity index (χ2n) is 25.4. The minimum atomic E-state index is -3.30. The van der Waals surface area contributed by atoms with Crippen molar-refractivity contribution >= 4 is 73.6 Å². The highest BCUT2D eigenvalue weighted by molar-refractivity contribution is 7.89. The number of aryl methyl sites for hydroxylation is 2. The first-order valence-corrected chi connectivity index (χ1v) is 34.9. The van der Waals surface area contributed by atoms with Crippen LogP contribution in [0.15, 0.2) is 73.3 Å². The molecule has 10 rings (SSSR count). The monoisotopic (exact) mass is 1380 g/mol. The van der Waals surface area contributed by atoms with Crippen LogP contribution >= 0.6 is 0 Å². The van der Waals surface area contributed by atoms with E-state index in [0.717, 1.165) is 86.6 Å². The van der Waals surface area contributed by atoms with Crippen molar-refractivity contribution in [2.75, 3.05) is 112 Å². The highest BCUT2D eigenvalue weighted by atomic mass is 32.2. The Labute approximate surface area is 569 Å². The molecule has 0 spiro atoms. The van der Waals surface area contributed by atoms with E-state index in [9.17, 15) is 47.7 Å². The van der Waals surface area contributed by atoms with Gasteiger partial charge in [0.25, 0.3) is 0 Å². The van der Waals surface area contributed by atoms with E-state index in [1.807, 2.05) is 31.4 Å². The van der Waals surface area contributed by atoms with Crippen molar-refractivity contribution in [3.05, 3.63) is 84.4 Å². The zero-order chi connectivity index (χ0) is 69.8. The standard InChI is InChI=1S/C68H89N11O18S/c1-69-98(88,89)40-43-16-20-47(21-17-43)77(6)62-48-25-27-79(63(48)71-41-70-62)65(84)73(2)28-29-75(4)67(86)93-38-44-18-22-54(96-64-60(83)59(82)53(80)39-92-64)51(33-44)72-58(81)15-13-11-9-8-10-12-14-32-91-66(85)74(3)30-31-76(5)68(87)97-61-50-37-78-26-24-46-35-56-57(95-42-94-56)36-49(46)52(78)34-45(50)19-23-55(61)90-7/h18-19,22-23,25,27,33-37,41,43,47,53,59-60,64,69,80,82-83H,8-17,20-21,24,26,28-32,38-40,42H2,1-7H3/p+1/t43-,47-,53-,59+,60-,64+/m1/s1. The van der Waals surface area contributed by atoms with Gasteiger partial charge < -0.3 is 83.0 Å². The van der Waals surface area contributed by atoms with Crippen molar-refractivity contribution in [3.8, 4) is 40.0 Å². The van der Waals surface area contributed by atoms with E-state index in [1.165, 1.54) is 63.3 Å². The van der Waals surface area contributed by atoms with Gasteiger partial charge >= 0.3 is 24.3 Å². The third-order valence-electron chi connectivity index (χ3n) is 18.6. The third-order valence-corrected chi connectivity index (χ3v) is 20.1. The maximum Gasteiger partial charge on any atom is 0.415 e. The van der Waals surface area contributed by atoms with Gasteiger partial charge in [-0.25, -0.2) is 42.3 Å². The molecule has 0 bridgehead atoms. The predicted molar refractivity (Wildman–Crippen MR) is 360 cm³/mol. The number of pyridine rings is 1. The van der Waals surface area contributed by atoms with Crippen LogP contribution in [0.4, 0.5) is 30.7 Å². The van der Waals surface area contributed by atoms with Gasteiger partial charge in [0.1, 0.15) is 42.8 Å². The van der Waals surface area contributed by atoms with E-state index in [2.05, 4.69) is 35.5 Å². The molecule has 3 aliphatic heterocycles. The summed E-state index contributed by atoms with van der Waals surface area (Å²) >= 11 is 0. The number of carbonyl (C=O) groups excluding carboxylic acids is 5. The molecule has 30 heteroatoms. The number of rotatable bonds is 28. The van der Waals surface area contributed by atoms with Gasteiger partial charge in [-0.3, -0.25) is 9.36 Å². The van der Waals surface area contributed by atoms with Gasteiger partial charge in [-0.05, 0) is 110 Å². The lowest BCUT2D eigenvalue weighted by molar-refractivity contribution is -0.686. The molecule has 530 valence electrons. The largest absolute Gasteiger partial charge is 0.493 e. The summed E-state index contributed by atoms with van der Waals surface area (Å²) in [7, 11) is 7.95. The van der Waals surface area contributed by atoms with Crippen LogP contribution in [0.3, 0.4) is 0 Å². The van der Waals surface area contributed by atoms with Crippen LogP contribution in [0.2, 0.25) is 0 Å². The van der Waals surface area contributed by atoms with Gasteiger partial charge in [0, 0.05) is 92.6 Å². The van der Waals surface area contributed by atoms with Crippen LogP contribution in [0.1, 0.15) is 88.2 Å². The van der Waals surface area contributed by atoms with Gasteiger partial charge in [0.05, 0.1) is 48.1 Å². The summed E-state index contributed by atoms with van der Waals surface area (Å²) in [6.07, 6.45) is 6.92. The highest BCUT2D eigenvalue weighted by Crippen LogP contribution is 2.42. The zero-order valence-corrected chi connectivity index (χ0v) is 57.4. The number of nitrogens with zero attached hydrogens (tertiary/aromatic N) is 9. The van der Waals surface area contributed by atoms with Gasteiger partial charge in [0.2, 0.25) is 34.7 Å². The van der Waals surface area contributed by atoms with Gasteiger partial charge in [-0.15, -0.1) is 0 Å². The first-order chi connectivity index (χ1) is 47.1. The zero-order valence-electron chi connectivity index (χ0n) is 56.6. The Morgan fingerprint density at radius 3 is 2.14 bits per heavy atom. The highest BCUT2D eigenvalue weighted by Gasteiger charge is 2.40. The number of benzene rings is 3. The molecule has 2 fully saturated rings. The molecule has 3 aromatic carbocycles. The topological polar surface area (TPSA) is 329 Å². The molecule has 0 unspecified atom stereocenters. The molecule has 6 heterocycles. The van der Waals surface area contributed by atoms with E-state index in [-0.39, 0.29) is 100 Å². The minimum Gasteiger partial charge on any atom is -0.493 e. The second-order valence-corrected chi connectivity index (χ2v) is 27.4. The Hall–Kier alpha value is -8.81. The normalized spacial score (nSPS) is 18.6. The number of anilines is 2. The number of sulfonamides is 1. The van der Waals surface area contributed by atoms with Crippen molar-refractivity contribution in [2.24, 2.45) is 5.92 Å².